The summed E-state index contributed by atoms with van der Waals surface area (Å²) in [6.07, 6.45) is 4.86. The van der Waals surface area contributed by atoms with Crippen LogP contribution >= 0.6 is 0 Å². The van der Waals surface area contributed by atoms with Crippen LogP contribution in [0.4, 0.5) is 0 Å². The number of unbranched alkanes of at least 4 members (excludes halogenated alkanes) is 2. The van der Waals surface area contributed by atoms with E-state index < -0.39 is 9.28 Å². The van der Waals surface area contributed by atoms with Gasteiger partial charge in [-0.2, -0.15) is 0 Å². The van der Waals surface area contributed by atoms with Gasteiger partial charge in [-0.05, 0) is 12.5 Å². The van der Waals surface area contributed by atoms with Gasteiger partial charge in [-0.3, -0.25) is 0 Å². The molecule has 74 valence electrons. The van der Waals surface area contributed by atoms with Crippen LogP contribution in [0.5, 0.6) is 0 Å². The Morgan fingerprint density at radius 1 is 1.08 bits per heavy atom. The van der Waals surface area contributed by atoms with E-state index in [0.717, 1.165) is 12.7 Å². The smallest absolute Gasteiger partial charge is 0.321 e. The van der Waals surface area contributed by atoms with Crippen molar-refractivity contribution in [2.75, 3.05) is 13.7 Å². The normalized spacial score (nSPS) is 13.2. The van der Waals surface area contributed by atoms with E-state index in [2.05, 4.69) is 13.8 Å². The van der Waals surface area contributed by atoms with Crippen LogP contribution in [0.15, 0.2) is 0 Å². The standard InChI is InChI=1S/C9H22O2Si/c1-4-6-8-11-12(10-3)9-7-5-2/h12H,4-9H2,1-3H3. The summed E-state index contributed by atoms with van der Waals surface area (Å²) in [6.45, 7) is 5.27. The summed E-state index contributed by atoms with van der Waals surface area (Å²) in [5, 5.41) is 0. The van der Waals surface area contributed by atoms with Gasteiger partial charge in [0.25, 0.3) is 0 Å². The minimum absolute atomic E-state index is 0.894. The maximum absolute atomic E-state index is 5.65. The van der Waals surface area contributed by atoms with Crippen molar-refractivity contribution in [2.24, 2.45) is 0 Å². The SMILES string of the molecule is CCCCO[SiH](CCCC)OC. The van der Waals surface area contributed by atoms with Gasteiger partial charge in [0.1, 0.15) is 0 Å². The van der Waals surface area contributed by atoms with Crippen molar-refractivity contribution in [3.05, 3.63) is 0 Å². The molecule has 0 saturated carbocycles. The molecule has 1 unspecified atom stereocenters. The molecule has 0 bridgehead atoms. The van der Waals surface area contributed by atoms with E-state index in [0.29, 0.717) is 0 Å². The predicted octanol–water partition coefficient (Wildman–Crippen LogP) is 2.47. The lowest BCUT2D eigenvalue weighted by Crippen LogP contribution is -2.21. The van der Waals surface area contributed by atoms with Gasteiger partial charge in [-0.15, -0.1) is 0 Å². The molecule has 12 heavy (non-hydrogen) atoms. The van der Waals surface area contributed by atoms with Crippen molar-refractivity contribution in [1.29, 1.82) is 0 Å². The molecule has 0 aliphatic carbocycles. The zero-order chi connectivity index (χ0) is 9.23. The van der Waals surface area contributed by atoms with Gasteiger partial charge in [0, 0.05) is 13.7 Å². The fraction of sp³-hybridized carbons (Fsp3) is 1.00. The molecule has 0 rings (SSSR count). The molecule has 0 heterocycles. The molecule has 0 aromatic carbocycles. The third-order valence-corrected chi connectivity index (χ3v) is 3.87. The summed E-state index contributed by atoms with van der Waals surface area (Å²) in [7, 11) is 0.514. The Morgan fingerprint density at radius 3 is 2.25 bits per heavy atom. The van der Waals surface area contributed by atoms with Crippen LogP contribution < -0.4 is 0 Å². The monoisotopic (exact) mass is 190 g/mol. The van der Waals surface area contributed by atoms with Crippen LogP contribution in [-0.4, -0.2) is 23.0 Å². The van der Waals surface area contributed by atoms with Crippen LogP contribution in [0, 0.1) is 0 Å². The average molecular weight is 190 g/mol. The predicted molar refractivity (Wildman–Crippen MR) is 54.7 cm³/mol. The van der Waals surface area contributed by atoms with Crippen molar-refractivity contribution in [3.8, 4) is 0 Å². The highest BCUT2D eigenvalue weighted by molar-refractivity contribution is 6.44. The lowest BCUT2D eigenvalue weighted by atomic mass is 10.4. The average Bonchev–Trinajstić information content (AvgIpc) is 2.11. The molecule has 0 aromatic rings. The maximum atomic E-state index is 5.65. The van der Waals surface area contributed by atoms with E-state index in [-0.39, 0.29) is 0 Å². The Labute approximate surface area is 78.1 Å². The first-order chi connectivity index (χ1) is 5.85. The summed E-state index contributed by atoms with van der Waals surface area (Å²) in [5.41, 5.74) is 0. The minimum atomic E-state index is -1.26. The Morgan fingerprint density at radius 2 is 1.75 bits per heavy atom. The Bertz CT molecular complexity index is 88.6. The lowest BCUT2D eigenvalue weighted by Gasteiger charge is -2.12. The molecule has 0 aromatic heterocycles. The van der Waals surface area contributed by atoms with Crippen LogP contribution in [0.2, 0.25) is 6.04 Å². The van der Waals surface area contributed by atoms with E-state index in [1.54, 1.807) is 7.11 Å². The second-order valence-electron chi connectivity index (χ2n) is 3.03. The van der Waals surface area contributed by atoms with Gasteiger partial charge in [0.2, 0.25) is 0 Å². The highest BCUT2D eigenvalue weighted by Crippen LogP contribution is 2.03. The van der Waals surface area contributed by atoms with Crippen LogP contribution in [0.25, 0.3) is 0 Å². The second kappa shape index (κ2) is 9.23. The van der Waals surface area contributed by atoms with Gasteiger partial charge in [-0.25, -0.2) is 0 Å². The summed E-state index contributed by atoms with van der Waals surface area (Å²) in [6, 6.07) is 1.16. The molecule has 1 atom stereocenters. The Balaban J connectivity index is 3.26. The maximum Gasteiger partial charge on any atom is 0.321 e. The van der Waals surface area contributed by atoms with E-state index >= 15 is 0 Å². The first-order valence-corrected chi connectivity index (χ1v) is 6.75. The molecular formula is C9H22O2Si. The topological polar surface area (TPSA) is 18.5 Å². The highest BCUT2D eigenvalue weighted by atomic mass is 28.3. The van der Waals surface area contributed by atoms with Gasteiger partial charge < -0.3 is 8.85 Å². The second-order valence-corrected chi connectivity index (χ2v) is 5.27. The summed E-state index contributed by atoms with van der Waals surface area (Å²) < 4.78 is 11.0. The summed E-state index contributed by atoms with van der Waals surface area (Å²) >= 11 is 0. The number of hydrogen-bond acceptors (Lipinski definition) is 2. The lowest BCUT2D eigenvalue weighted by molar-refractivity contribution is 0.224. The fourth-order valence-electron chi connectivity index (χ4n) is 0.999. The van der Waals surface area contributed by atoms with Crippen molar-refractivity contribution < 1.29 is 8.85 Å². The molecule has 0 aliphatic rings. The van der Waals surface area contributed by atoms with E-state index in [4.69, 9.17) is 8.85 Å². The first-order valence-electron chi connectivity index (χ1n) is 4.99. The van der Waals surface area contributed by atoms with E-state index in [1.165, 1.54) is 25.7 Å². The van der Waals surface area contributed by atoms with Gasteiger partial charge in [-0.1, -0.05) is 33.1 Å². The molecule has 3 heteroatoms. The third kappa shape index (κ3) is 6.82. The molecule has 0 spiro atoms. The van der Waals surface area contributed by atoms with E-state index in [1.807, 2.05) is 0 Å². The van der Waals surface area contributed by atoms with Crippen LogP contribution in [0.3, 0.4) is 0 Å². The zero-order valence-electron chi connectivity index (χ0n) is 8.64. The van der Waals surface area contributed by atoms with Crippen LogP contribution in [-0.2, 0) is 8.85 Å². The largest absolute Gasteiger partial charge is 0.400 e. The zero-order valence-corrected chi connectivity index (χ0v) is 9.79. The number of rotatable bonds is 8. The Kier molecular flexibility index (Phi) is 9.33. The molecule has 0 N–H and O–H groups in total. The molecule has 0 fully saturated rings. The van der Waals surface area contributed by atoms with Gasteiger partial charge >= 0.3 is 9.28 Å². The Hall–Kier alpha value is 0.137. The third-order valence-electron chi connectivity index (χ3n) is 1.86. The van der Waals surface area contributed by atoms with Gasteiger partial charge in [0.05, 0.1) is 0 Å². The van der Waals surface area contributed by atoms with Crippen molar-refractivity contribution >= 4 is 9.28 Å². The van der Waals surface area contributed by atoms with E-state index in [9.17, 15) is 0 Å². The molecule has 0 saturated heterocycles. The summed E-state index contributed by atoms with van der Waals surface area (Å²) in [4.78, 5) is 0. The van der Waals surface area contributed by atoms with Crippen LogP contribution in [0.1, 0.15) is 39.5 Å². The fourth-order valence-corrected chi connectivity index (χ4v) is 2.71. The molecule has 0 aliphatic heterocycles. The minimum Gasteiger partial charge on any atom is -0.400 e. The highest BCUT2D eigenvalue weighted by Gasteiger charge is 2.09. The van der Waals surface area contributed by atoms with Crippen molar-refractivity contribution in [1.82, 2.24) is 0 Å². The molecule has 0 radical (unpaired) electrons. The van der Waals surface area contributed by atoms with Crippen molar-refractivity contribution in [3.63, 3.8) is 0 Å². The number of hydrogen-bond donors (Lipinski definition) is 0. The molecular weight excluding hydrogens is 168 g/mol. The molecule has 2 nitrogen and oxygen atoms in total. The summed E-state index contributed by atoms with van der Waals surface area (Å²) in [5.74, 6) is 0. The van der Waals surface area contributed by atoms with Gasteiger partial charge in [0.15, 0.2) is 0 Å². The molecule has 0 amide bonds. The first kappa shape index (κ1) is 12.1. The quantitative estimate of drug-likeness (QED) is 0.432. The van der Waals surface area contributed by atoms with Crippen molar-refractivity contribution in [2.45, 2.75) is 45.6 Å².